The third-order valence-corrected chi connectivity index (χ3v) is 4.16. The molecule has 0 amide bonds. The van der Waals surface area contributed by atoms with E-state index in [1.54, 1.807) is 0 Å². The van der Waals surface area contributed by atoms with Crippen molar-refractivity contribution in [3.63, 3.8) is 0 Å². The number of hydrogen-bond donors (Lipinski definition) is 1. The first-order chi connectivity index (χ1) is 9.62. The van der Waals surface area contributed by atoms with Gasteiger partial charge in [-0.05, 0) is 32.6 Å². The topological polar surface area (TPSA) is 76.5 Å². The van der Waals surface area contributed by atoms with Crippen molar-refractivity contribution in [2.45, 2.75) is 44.2 Å². The summed E-state index contributed by atoms with van der Waals surface area (Å²) in [5.41, 5.74) is -4.57. The van der Waals surface area contributed by atoms with Crippen LogP contribution in [0.3, 0.4) is 0 Å². The zero-order valence-corrected chi connectivity index (χ0v) is 12.0. The molecule has 1 N–H and O–H groups in total. The van der Waals surface area contributed by atoms with E-state index < -0.39 is 27.5 Å². The summed E-state index contributed by atoms with van der Waals surface area (Å²) in [7, 11) is -5.74. The summed E-state index contributed by atoms with van der Waals surface area (Å²) >= 11 is 0. The number of fused-ring (bicyclic) bond motifs is 1. The van der Waals surface area contributed by atoms with Crippen LogP contribution in [0.5, 0.6) is 5.75 Å². The highest BCUT2D eigenvalue weighted by Crippen LogP contribution is 2.34. The molecule has 2 rings (SSSR count). The minimum Gasteiger partial charge on any atom is -0.387 e. The average Bonchev–Trinajstić information content (AvgIpc) is 2.36. The third kappa shape index (κ3) is 3.29. The Hall–Kier alpha value is -1.35. The molecule has 1 aliphatic carbocycles. The number of aromatic nitrogens is 1. The summed E-state index contributed by atoms with van der Waals surface area (Å²) in [5, 5.41) is 9.52. The van der Waals surface area contributed by atoms with Gasteiger partial charge < -0.3 is 9.29 Å². The van der Waals surface area contributed by atoms with E-state index in [2.05, 4.69) is 9.17 Å². The summed E-state index contributed by atoms with van der Waals surface area (Å²) in [6.45, 7) is 1.39. The number of aryl methyl sites for hydroxylation is 1. The maximum atomic E-state index is 12.4. The first kappa shape index (κ1) is 16.0. The van der Waals surface area contributed by atoms with Crippen LogP contribution in [0.15, 0.2) is 6.07 Å². The molecule has 118 valence electrons. The Bertz CT molecular complexity index is 641. The molecule has 0 aliphatic heterocycles. The summed E-state index contributed by atoms with van der Waals surface area (Å²) in [6.07, 6.45) is 1.39. The normalized spacial score (nSPS) is 17.2. The third-order valence-electron chi connectivity index (χ3n) is 3.19. The number of hydrogen-bond acceptors (Lipinski definition) is 5. The maximum Gasteiger partial charge on any atom is 0.534 e. The lowest BCUT2D eigenvalue weighted by Crippen LogP contribution is -2.29. The smallest absolute Gasteiger partial charge is 0.387 e. The molecule has 0 saturated heterocycles. The molecule has 21 heavy (non-hydrogen) atoms. The van der Waals surface area contributed by atoms with Gasteiger partial charge in [0.05, 0.1) is 11.8 Å². The van der Waals surface area contributed by atoms with Gasteiger partial charge in [-0.1, -0.05) is 0 Å². The van der Waals surface area contributed by atoms with Gasteiger partial charge in [-0.25, -0.2) is 0 Å². The Kier molecular flexibility index (Phi) is 4.16. The van der Waals surface area contributed by atoms with Crippen LogP contribution in [0.4, 0.5) is 13.2 Å². The van der Waals surface area contributed by atoms with Crippen molar-refractivity contribution >= 4 is 10.1 Å². The lowest BCUT2D eigenvalue weighted by atomic mass is 9.94. The van der Waals surface area contributed by atoms with Gasteiger partial charge >= 0.3 is 15.6 Å². The Morgan fingerprint density at radius 2 is 1.95 bits per heavy atom. The number of aliphatic hydroxyl groups is 1. The number of alkyl halides is 3. The van der Waals surface area contributed by atoms with Crippen LogP contribution in [0.1, 0.15) is 42.8 Å². The Morgan fingerprint density at radius 1 is 1.33 bits per heavy atom. The van der Waals surface area contributed by atoms with E-state index in [9.17, 15) is 26.7 Å². The molecule has 0 spiro atoms. The highest BCUT2D eigenvalue weighted by molar-refractivity contribution is 7.88. The average molecular weight is 325 g/mol. The number of pyridine rings is 1. The minimum atomic E-state index is -5.74. The molecule has 1 atom stereocenters. The highest BCUT2D eigenvalue weighted by atomic mass is 32.2. The van der Waals surface area contributed by atoms with E-state index in [0.29, 0.717) is 30.5 Å². The summed E-state index contributed by atoms with van der Waals surface area (Å²) in [5.74, 6) is -0.395. The predicted molar refractivity (Wildman–Crippen MR) is 67.1 cm³/mol. The Labute approximate surface area is 119 Å². The van der Waals surface area contributed by atoms with Crippen molar-refractivity contribution in [2.75, 3.05) is 0 Å². The fourth-order valence-corrected chi connectivity index (χ4v) is 2.62. The molecule has 1 aliphatic rings. The molecule has 9 heteroatoms. The molecular weight excluding hydrogens is 311 g/mol. The van der Waals surface area contributed by atoms with Gasteiger partial charge in [-0.2, -0.15) is 21.6 Å². The second-order valence-electron chi connectivity index (χ2n) is 4.84. The standard InChI is InChI=1S/C12H14F3NO4S/c1-7(17)10-6-11(20-21(18,19)12(13,14)15)8-4-2-3-5-9(8)16-10/h6-7,17H,2-5H2,1H3. The summed E-state index contributed by atoms with van der Waals surface area (Å²) < 4.78 is 63.9. The second-order valence-corrected chi connectivity index (χ2v) is 6.37. The van der Waals surface area contributed by atoms with Crippen molar-refractivity contribution in [2.24, 2.45) is 0 Å². The van der Waals surface area contributed by atoms with Crippen molar-refractivity contribution in [1.29, 1.82) is 0 Å². The Balaban J connectivity index is 2.50. The fraction of sp³-hybridized carbons (Fsp3) is 0.583. The monoisotopic (exact) mass is 325 g/mol. The minimum absolute atomic E-state index is 0.0861. The molecule has 0 radical (unpaired) electrons. The maximum absolute atomic E-state index is 12.4. The van der Waals surface area contributed by atoms with Crippen LogP contribution in [-0.2, 0) is 23.0 Å². The molecule has 5 nitrogen and oxygen atoms in total. The van der Waals surface area contributed by atoms with Crippen molar-refractivity contribution in [3.8, 4) is 5.75 Å². The van der Waals surface area contributed by atoms with Gasteiger partial charge in [0.15, 0.2) is 0 Å². The number of rotatable bonds is 3. The molecule has 1 unspecified atom stereocenters. The van der Waals surface area contributed by atoms with E-state index in [1.165, 1.54) is 6.92 Å². The van der Waals surface area contributed by atoms with Gasteiger partial charge in [0, 0.05) is 17.3 Å². The number of nitrogens with zero attached hydrogens (tertiary/aromatic N) is 1. The van der Waals surface area contributed by atoms with Crippen molar-refractivity contribution < 1.29 is 30.9 Å². The van der Waals surface area contributed by atoms with Crippen molar-refractivity contribution in [3.05, 3.63) is 23.0 Å². The number of halogens is 3. The van der Waals surface area contributed by atoms with E-state index in [0.717, 1.165) is 12.5 Å². The van der Waals surface area contributed by atoms with Crippen LogP contribution in [-0.4, -0.2) is 24.0 Å². The molecular formula is C12H14F3NO4S. The van der Waals surface area contributed by atoms with Gasteiger partial charge in [0.25, 0.3) is 0 Å². The number of aliphatic hydroxyl groups excluding tert-OH is 1. The predicted octanol–water partition coefficient (Wildman–Crippen LogP) is 2.24. The lowest BCUT2D eigenvalue weighted by Gasteiger charge is -2.21. The van der Waals surface area contributed by atoms with Crippen LogP contribution in [0.25, 0.3) is 0 Å². The zero-order valence-electron chi connectivity index (χ0n) is 11.1. The van der Waals surface area contributed by atoms with Crippen molar-refractivity contribution in [1.82, 2.24) is 4.98 Å². The lowest BCUT2D eigenvalue weighted by molar-refractivity contribution is -0.0500. The summed E-state index contributed by atoms with van der Waals surface area (Å²) in [4.78, 5) is 4.16. The molecule has 0 saturated carbocycles. The van der Waals surface area contributed by atoms with E-state index >= 15 is 0 Å². The summed E-state index contributed by atoms with van der Waals surface area (Å²) in [6, 6.07) is 1.05. The largest absolute Gasteiger partial charge is 0.534 e. The van der Waals surface area contributed by atoms with E-state index in [1.807, 2.05) is 0 Å². The highest BCUT2D eigenvalue weighted by Gasteiger charge is 2.49. The fourth-order valence-electron chi connectivity index (χ4n) is 2.14. The van der Waals surface area contributed by atoms with Crippen LogP contribution < -0.4 is 4.18 Å². The molecule has 0 fully saturated rings. The first-order valence-corrected chi connectivity index (χ1v) is 7.74. The van der Waals surface area contributed by atoms with E-state index in [4.69, 9.17) is 0 Å². The zero-order chi connectivity index (χ0) is 15.8. The SMILES string of the molecule is CC(O)c1cc(OS(=O)(=O)C(F)(F)F)c2c(n1)CCCC2. The molecule has 0 bridgehead atoms. The quantitative estimate of drug-likeness (QED) is 0.681. The molecule has 0 aromatic carbocycles. The molecule has 1 aromatic rings. The molecule has 1 heterocycles. The van der Waals surface area contributed by atoms with Gasteiger partial charge in [0.1, 0.15) is 5.75 Å². The van der Waals surface area contributed by atoms with Crippen LogP contribution in [0.2, 0.25) is 0 Å². The van der Waals surface area contributed by atoms with Gasteiger partial charge in [0.2, 0.25) is 0 Å². The van der Waals surface area contributed by atoms with Crippen LogP contribution >= 0.6 is 0 Å². The van der Waals surface area contributed by atoms with Gasteiger partial charge in [-0.3, -0.25) is 4.98 Å². The Morgan fingerprint density at radius 3 is 2.52 bits per heavy atom. The second kappa shape index (κ2) is 5.45. The van der Waals surface area contributed by atoms with Crippen LogP contribution in [0, 0.1) is 0 Å². The molecule has 1 aromatic heterocycles. The van der Waals surface area contributed by atoms with E-state index in [-0.39, 0.29) is 5.69 Å². The first-order valence-electron chi connectivity index (χ1n) is 6.33. The van der Waals surface area contributed by atoms with Gasteiger partial charge in [-0.15, -0.1) is 0 Å².